The predicted octanol–water partition coefficient (Wildman–Crippen LogP) is 3.05. The van der Waals surface area contributed by atoms with Crippen LogP contribution in [0.5, 0.6) is 0 Å². The van der Waals surface area contributed by atoms with Gasteiger partial charge in [0.1, 0.15) is 0 Å². The Hall–Kier alpha value is -1.31. The Morgan fingerprint density at radius 2 is 2.00 bits per heavy atom. The van der Waals surface area contributed by atoms with Gasteiger partial charge in [-0.05, 0) is 25.0 Å². The van der Waals surface area contributed by atoms with E-state index in [-0.39, 0.29) is 5.41 Å². The number of fused-ring (bicyclic) bond motifs is 1. The van der Waals surface area contributed by atoms with Gasteiger partial charge in [-0.1, -0.05) is 39.0 Å². The highest BCUT2D eigenvalue weighted by Crippen LogP contribution is 2.32. The zero-order chi connectivity index (χ0) is 12.6. The Morgan fingerprint density at radius 1 is 1.35 bits per heavy atom. The van der Waals surface area contributed by atoms with Crippen LogP contribution in [-0.2, 0) is 11.2 Å². The van der Waals surface area contributed by atoms with Crippen molar-refractivity contribution in [2.75, 3.05) is 11.4 Å². The lowest BCUT2D eigenvalue weighted by molar-refractivity contribution is -0.124. The maximum absolute atomic E-state index is 12.1. The molecule has 0 saturated carbocycles. The summed E-state index contributed by atoms with van der Waals surface area (Å²) in [5.74, 6) is 0.307. The first-order valence-electron chi connectivity index (χ1n) is 6.27. The summed E-state index contributed by atoms with van der Waals surface area (Å²) in [4.78, 5) is 14.4. The molecule has 0 aromatic heterocycles. The first kappa shape index (κ1) is 12.2. The topological polar surface area (TPSA) is 20.3 Å². The zero-order valence-electron chi connectivity index (χ0n) is 11.2. The molecule has 0 spiro atoms. The van der Waals surface area contributed by atoms with Crippen LogP contribution in [0.2, 0.25) is 0 Å². The van der Waals surface area contributed by atoms with Gasteiger partial charge in [-0.2, -0.15) is 0 Å². The van der Waals surface area contributed by atoms with Gasteiger partial charge < -0.3 is 4.90 Å². The first-order chi connectivity index (χ1) is 7.89. The third kappa shape index (κ3) is 2.36. The SMILES string of the molecule is CC1Cc2ccccc2N1CC(=O)C(C)(C)C. The number of benzene rings is 1. The number of hydrogen-bond donors (Lipinski definition) is 0. The van der Waals surface area contributed by atoms with E-state index < -0.39 is 0 Å². The normalized spacial score (nSPS) is 19.3. The predicted molar refractivity (Wildman–Crippen MR) is 71.4 cm³/mol. The Bertz CT molecular complexity index is 431. The first-order valence-corrected chi connectivity index (χ1v) is 6.27. The van der Waals surface area contributed by atoms with Crippen molar-refractivity contribution in [3.8, 4) is 0 Å². The maximum atomic E-state index is 12.1. The molecule has 0 saturated heterocycles. The van der Waals surface area contributed by atoms with Crippen LogP contribution in [0.15, 0.2) is 24.3 Å². The van der Waals surface area contributed by atoms with Gasteiger partial charge >= 0.3 is 0 Å². The zero-order valence-corrected chi connectivity index (χ0v) is 11.2. The smallest absolute Gasteiger partial charge is 0.157 e. The third-order valence-corrected chi connectivity index (χ3v) is 3.50. The molecule has 1 aromatic carbocycles. The van der Waals surface area contributed by atoms with Gasteiger partial charge in [0.25, 0.3) is 0 Å². The van der Waals surface area contributed by atoms with Crippen molar-refractivity contribution in [1.82, 2.24) is 0 Å². The molecule has 0 radical (unpaired) electrons. The van der Waals surface area contributed by atoms with Gasteiger partial charge in [0.15, 0.2) is 5.78 Å². The fourth-order valence-corrected chi connectivity index (χ4v) is 2.26. The molecule has 92 valence electrons. The van der Waals surface area contributed by atoms with E-state index in [1.165, 1.54) is 11.3 Å². The van der Waals surface area contributed by atoms with E-state index in [9.17, 15) is 4.79 Å². The fraction of sp³-hybridized carbons (Fsp3) is 0.533. The molecule has 2 nitrogen and oxygen atoms in total. The minimum absolute atomic E-state index is 0.253. The largest absolute Gasteiger partial charge is 0.361 e. The van der Waals surface area contributed by atoms with E-state index in [0.717, 1.165) is 6.42 Å². The van der Waals surface area contributed by atoms with Gasteiger partial charge in [0.2, 0.25) is 0 Å². The summed E-state index contributed by atoms with van der Waals surface area (Å²) in [6.07, 6.45) is 1.05. The van der Waals surface area contributed by atoms with Crippen LogP contribution in [0, 0.1) is 5.41 Å². The molecule has 2 heteroatoms. The molecule has 0 N–H and O–H groups in total. The summed E-state index contributed by atoms with van der Waals surface area (Å²) in [6.45, 7) is 8.68. The lowest BCUT2D eigenvalue weighted by Gasteiger charge is -2.27. The number of anilines is 1. The molecule has 17 heavy (non-hydrogen) atoms. The highest BCUT2D eigenvalue weighted by molar-refractivity contribution is 5.88. The number of carbonyl (C=O) groups is 1. The quantitative estimate of drug-likeness (QED) is 0.779. The van der Waals surface area contributed by atoms with Crippen molar-refractivity contribution in [2.45, 2.75) is 40.2 Å². The number of Topliss-reactive ketones (excluding diaryl/α,β-unsaturated/α-hetero) is 1. The Kier molecular flexibility index (Phi) is 2.98. The average Bonchev–Trinajstić information content (AvgIpc) is 2.54. The third-order valence-electron chi connectivity index (χ3n) is 3.50. The number of carbonyl (C=O) groups excluding carboxylic acids is 1. The maximum Gasteiger partial charge on any atom is 0.157 e. The van der Waals surface area contributed by atoms with Crippen molar-refractivity contribution >= 4 is 11.5 Å². The Labute approximate surface area is 104 Å². The molecule has 2 rings (SSSR count). The van der Waals surface area contributed by atoms with Crippen LogP contribution in [0.25, 0.3) is 0 Å². The van der Waals surface area contributed by atoms with Crippen LogP contribution in [0.1, 0.15) is 33.3 Å². The molecule has 1 heterocycles. The number of rotatable bonds is 2. The van der Waals surface area contributed by atoms with Gasteiger partial charge in [-0.15, -0.1) is 0 Å². The molecule has 0 bridgehead atoms. The van der Waals surface area contributed by atoms with Crippen molar-refractivity contribution < 1.29 is 4.79 Å². The van der Waals surface area contributed by atoms with Crippen LogP contribution >= 0.6 is 0 Å². The van der Waals surface area contributed by atoms with E-state index in [1.807, 2.05) is 26.8 Å². The standard InChI is InChI=1S/C15H21NO/c1-11-9-12-7-5-6-8-13(12)16(11)10-14(17)15(2,3)4/h5-8,11H,9-10H2,1-4H3. The van der Waals surface area contributed by atoms with Crippen molar-refractivity contribution in [3.05, 3.63) is 29.8 Å². The van der Waals surface area contributed by atoms with Crippen LogP contribution < -0.4 is 4.90 Å². The second-order valence-corrected chi connectivity index (χ2v) is 5.98. The van der Waals surface area contributed by atoms with Gasteiger partial charge in [0, 0.05) is 17.1 Å². The Balaban J connectivity index is 2.20. The van der Waals surface area contributed by atoms with Gasteiger partial charge in [0.05, 0.1) is 6.54 Å². The van der Waals surface area contributed by atoms with Crippen molar-refractivity contribution in [2.24, 2.45) is 5.41 Å². The summed E-state index contributed by atoms with van der Waals surface area (Å²) in [5, 5.41) is 0. The van der Waals surface area contributed by atoms with E-state index in [1.54, 1.807) is 0 Å². The minimum atomic E-state index is -0.253. The monoisotopic (exact) mass is 231 g/mol. The Morgan fingerprint density at radius 3 is 2.65 bits per heavy atom. The molecule has 1 unspecified atom stereocenters. The highest BCUT2D eigenvalue weighted by atomic mass is 16.1. The van der Waals surface area contributed by atoms with E-state index in [0.29, 0.717) is 18.4 Å². The summed E-state index contributed by atoms with van der Waals surface area (Å²) in [7, 11) is 0. The number of ketones is 1. The van der Waals surface area contributed by atoms with Gasteiger partial charge in [-0.3, -0.25) is 4.79 Å². The summed E-state index contributed by atoms with van der Waals surface area (Å²) >= 11 is 0. The highest BCUT2D eigenvalue weighted by Gasteiger charge is 2.30. The van der Waals surface area contributed by atoms with E-state index in [2.05, 4.69) is 30.0 Å². The second kappa shape index (κ2) is 4.17. The van der Waals surface area contributed by atoms with Crippen LogP contribution in [0.4, 0.5) is 5.69 Å². The molecular formula is C15H21NO. The number of hydrogen-bond acceptors (Lipinski definition) is 2. The average molecular weight is 231 g/mol. The van der Waals surface area contributed by atoms with Crippen LogP contribution in [-0.4, -0.2) is 18.4 Å². The number of nitrogens with zero attached hydrogens (tertiary/aromatic N) is 1. The number of para-hydroxylation sites is 1. The molecule has 1 aromatic rings. The van der Waals surface area contributed by atoms with E-state index in [4.69, 9.17) is 0 Å². The fourth-order valence-electron chi connectivity index (χ4n) is 2.26. The molecular weight excluding hydrogens is 210 g/mol. The lowest BCUT2D eigenvalue weighted by Crippen LogP contribution is -2.39. The minimum Gasteiger partial charge on any atom is -0.361 e. The molecule has 0 aliphatic carbocycles. The molecule has 1 aliphatic heterocycles. The van der Waals surface area contributed by atoms with Crippen LogP contribution in [0.3, 0.4) is 0 Å². The molecule has 1 atom stereocenters. The molecule has 1 aliphatic rings. The second-order valence-electron chi connectivity index (χ2n) is 5.98. The summed E-state index contributed by atoms with van der Waals surface area (Å²) in [6, 6.07) is 8.83. The summed E-state index contributed by atoms with van der Waals surface area (Å²) < 4.78 is 0. The lowest BCUT2D eigenvalue weighted by atomic mass is 9.90. The van der Waals surface area contributed by atoms with E-state index >= 15 is 0 Å². The summed E-state index contributed by atoms with van der Waals surface area (Å²) in [5.41, 5.74) is 2.34. The van der Waals surface area contributed by atoms with Crippen molar-refractivity contribution in [1.29, 1.82) is 0 Å². The molecule has 0 amide bonds. The van der Waals surface area contributed by atoms with Crippen molar-refractivity contribution in [3.63, 3.8) is 0 Å². The van der Waals surface area contributed by atoms with Gasteiger partial charge in [-0.25, -0.2) is 0 Å². The molecule has 0 fully saturated rings.